The summed E-state index contributed by atoms with van der Waals surface area (Å²) in [6.07, 6.45) is 1.51. The van der Waals surface area contributed by atoms with Crippen LogP contribution in [0.3, 0.4) is 0 Å². The van der Waals surface area contributed by atoms with Crippen molar-refractivity contribution in [1.29, 1.82) is 5.26 Å². The molecule has 2 aromatic heterocycles. The Morgan fingerprint density at radius 2 is 2.28 bits per heavy atom. The number of nitrogens with two attached hydrogens (primary N) is 1. The van der Waals surface area contributed by atoms with E-state index in [4.69, 9.17) is 15.5 Å². The van der Waals surface area contributed by atoms with Gasteiger partial charge in [-0.15, -0.1) is 0 Å². The number of nitriles is 1. The van der Waals surface area contributed by atoms with E-state index in [9.17, 15) is 0 Å². The van der Waals surface area contributed by atoms with Gasteiger partial charge in [-0.3, -0.25) is 0 Å². The zero-order valence-electron chi connectivity index (χ0n) is 9.37. The number of para-hydroxylation sites is 1. The smallest absolute Gasteiger partial charge is 0.201 e. The molecule has 3 rings (SSSR count). The van der Waals surface area contributed by atoms with Crippen LogP contribution in [0.4, 0.5) is 5.95 Å². The topological polar surface area (TPSA) is 93.7 Å². The summed E-state index contributed by atoms with van der Waals surface area (Å²) >= 11 is 0. The molecule has 0 aliphatic carbocycles. The molecule has 3 aromatic rings. The van der Waals surface area contributed by atoms with Crippen molar-refractivity contribution in [1.82, 2.24) is 14.7 Å². The maximum atomic E-state index is 9.03. The summed E-state index contributed by atoms with van der Waals surface area (Å²) in [6, 6.07) is 9.27. The Labute approximate surface area is 102 Å². The number of imidazole rings is 1. The van der Waals surface area contributed by atoms with Gasteiger partial charge in [0.1, 0.15) is 23.5 Å². The molecule has 0 aliphatic rings. The van der Waals surface area contributed by atoms with E-state index in [-0.39, 0.29) is 0 Å². The van der Waals surface area contributed by atoms with E-state index >= 15 is 0 Å². The van der Waals surface area contributed by atoms with E-state index in [0.717, 1.165) is 11.2 Å². The fourth-order valence-electron chi connectivity index (χ4n) is 1.90. The number of nitrogen functional groups attached to an aromatic ring is 1. The lowest BCUT2D eigenvalue weighted by molar-refractivity contribution is 0.410. The molecule has 0 atom stereocenters. The lowest BCUT2D eigenvalue weighted by Gasteiger charge is -2.02. The number of hydrogen-bond donors (Lipinski definition) is 1. The molecule has 0 saturated heterocycles. The van der Waals surface area contributed by atoms with Crippen LogP contribution in [0.1, 0.15) is 11.3 Å². The minimum Gasteiger partial charge on any atom is -0.369 e. The summed E-state index contributed by atoms with van der Waals surface area (Å²) in [6.45, 7) is 0.466. The van der Waals surface area contributed by atoms with Crippen LogP contribution in [0.25, 0.3) is 11.0 Å². The Hall–Kier alpha value is -2.81. The third-order valence-electron chi connectivity index (χ3n) is 2.74. The van der Waals surface area contributed by atoms with Gasteiger partial charge in [0.15, 0.2) is 0 Å². The van der Waals surface area contributed by atoms with Crippen LogP contribution in [0, 0.1) is 11.3 Å². The molecular formula is C12H9N5O. The molecule has 0 saturated carbocycles. The second-order valence-electron chi connectivity index (χ2n) is 3.83. The van der Waals surface area contributed by atoms with Gasteiger partial charge in [0.2, 0.25) is 5.95 Å². The summed E-state index contributed by atoms with van der Waals surface area (Å²) in [5.41, 5.74) is 8.57. The number of hydrogen-bond acceptors (Lipinski definition) is 5. The molecular weight excluding hydrogens is 230 g/mol. The van der Waals surface area contributed by atoms with E-state index in [0.29, 0.717) is 23.6 Å². The van der Waals surface area contributed by atoms with Crippen LogP contribution in [0.5, 0.6) is 0 Å². The Morgan fingerprint density at radius 3 is 3.00 bits per heavy atom. The van der Waals surface area contributed by atoms with Crippen LogP contribution < -0.4 is 5.73 Å². The molecule has 2 heterocycles. The Bertz CT molecular complexity index is 736. The average molecular weight is 239 g/mol. The number of nitrogens with zero attached hydrogens (tertiary/aromatic N) is 4. The summed E-state index contributed by atoms with van der Waals surface area (Å²) < 4.78 is 6.58. The molecule has 0 fully saturated rings. The summed E-state index contributed by atoms with van der Waals surface area (Å²) in [5.74, 6) is 0.357. The van der Waals surface area contributed by atoms with Gasteiger partial charge in [-0.05, 0) is 12.1 Å². The number of aromatic nitrogens is 3. The third-order valence-corrected chi connectivity index (χ3v) is 2.74. The van der Waals surface area contributed by atoms with Crippen LogP contribution >= 0.6 is 0 Å². The summed E-state index contributed by atoms with van der Waals surface area (Å²) in [7, 11) is 0. The zero-order chi connectivity index (χ0) is 12.5. The first-order valence-corrected chi connectivity index (χ1v) is 5.33. The molecule has 0 amide bonds. The highest BCUT2D eigenvalue weighted by atomic mass is 16.5. The molecule has 6 heteroatoms. The Balaban J connectivity index is 2.18. The lowest BCUT2D eigenvalue weighted by atomic mass is 10.2. The van der Waals surface area contributed by atoms with E-state index < -0.39 is 0 Å². The van der Waals surface area contributed by atoms with Crippen molar-refractivity contribution < 1.29 is 4.52 Å². The van der Waals surface area contributed by atoms with Crippen LogP contribution in [0.2, 0.25) is 0 Å². The molecule has 1 aromatic carbocycles. The fourth-order valence-corrected chi connectivity index (χ4v) is 1.90. The monoisotopic (exact) mass is 239 g/mol. The summed E-state index contributed by atoms with van der Waals surface area (Å²) in [4.78, 5) is 4.22. The van der Waals surface area contributed by atoms with Crippen molar-refractivity contribution >= 4 is 17.0 Å². The number of fused-ring (bicyclic) bond motifs is 1. The second kappa shape index (κ2) is 3.89. The van der Waals surface area contributed by atoms with E-state index in [1.165, 1.54) is 6.26 Å². The Kier molecular flexibility index (Phi) is 2.24. The van der Waals surface area contributed by atoms with Gasteiger partial charge < -0.3 is 14.8 Å². The second-order valence-corrected chi connectivity index (χ2v) is 3.83. The van der Waals surface area contributed by atoms with Crippen molar-refractivity contribution in [3.63, 3.8) is 0 Å². The van der Waals surface area contributed by atoms with Crippen LogP contribution in [-0.2, 0) is 6.54 Å². The van der Waals surface area contributed by atoms with Crippen molar-refractivity contribution in [3.8, 4) is 6.07 Å². The van der Waals surface area contributed by atoms with E-state index in [1.54, 1.807) is 22.8 Å². The molecule has 88 valence electrons. The molecule has 18 heavy (non-hydrogen) atoms. The fraction of sp³-hybridized carbons (Fsp3) is 0.0833. The molecule has 6 nitrogen and oxygen atoms in total. The lowest BCUT2D eigenvalue weighted by Crippen LogP contribution is -2.04. The molecule has 0 bridgehead atoms. The van der Waals surface area contributed by atoms with Gasteiger partial charge in [-0.25, -0.2) is 4.98 Å². The van der Waals surface area contributed by atoms with Gasteiger partial charge in [0.05, 0.1) is 17.6 Å². The molecule has 0 unspecified atom stereocenters. The standard InChI is InChI=1S/C12H9N5O/c13-6-8-2-1-3-10-11(8)15-12(14)17(10)7-9-4-5-18-16-9/h1-5H,7H2,(H2,14,15). The normalized spacial score (nSPS) is 10.6. The highest BCUT2D eigenvalue weighted by Crippen LogP contribution is 2.21. The van der Waals surface area contributed by atoms with Crippen molar-refractivity contribution in [3.05, 3.63) is 41.8 Å². The van der Waals surface area contributed by atoms with Gasteiger partial charge in [0.25, 0.3) is 0 Å². The van der Waals surface area contributed by atoms with Gasteiger partial charge >= 0.3 is 0 Å². The van der Waals surface area contributed by atoms with Gasteiger partial charge in [-0.1, -0.05) is 11.2 Å². The van der Waals surface area contributed by atoms with Gasteiger partial charge in [-0.2, -0.15) is 5.26 Å². The first-order chi connectivity index (χ1) is 8.79. The first kappa shape index (κ1) is 10.4. The summed E-state index contributed by atoms with van der Waals surface area (Å²) in [5, 5.41) is 12.9. The minimum absolute atomic E-state index is 0.357. The molecule has 2 N–H and O–H groups in total. The highest BCUT2D eigenvalue weighted by molar-refractivity contribution is 5.84. The third kappa shape index (κ3) is 1.50. The number of anilines is 1. The maximum absolute atomic E-state index is 9.03. The first-order valence-electron chi connectivity index (χ1n) is 5.33. The molecule has 0 radical (unpaired) electrons. The van der Waals surface area contributed by atoms with Crippen molar-refractivity contribution in [2.75, 3.05) is 5.73 Å². The largest absolute Gasteiger partial charge is 0.369 e. The Morgan fingerprint density at radius 1 is 1.39 bits per heavy atom. The van der Waals surface area contributed by atoms with Crippen molar-refractivity contribution in [2.45, 2.75) is 6.54 Å². The SMILES string of the molecule is N#Cc1cccc2c1nc(N)n2Cc1ccon1. The molecule has 0 spiro atoms. The minimum atomic E-state index is 0.357. The van der Waals surface area contributed by atoms with E-state index in [2.05, 4.69) is 16.2 Å². The average Bonchev–Trinajstić information content (AvgIpc) is 2.99. The molecule has 0 aliphatic heterocycles. The van der Waals surface area contributed by atoms with Gasteiger partial charge in [0, 0.05) is 6.07 Å². The van der Waals surface area contributed by atoms with Crippen LogP contribution in [0.15, 0.2) is 35.1 Å². The van der Waals surface area contributed by atoms with Crippen molar-refractivity contribution in [2.24, 2.45) is 0 Å². The number of benzene rings is 1. The highest BCUT2D eigenvalue weighted by Gasteiger charge is 2.12. The predicted octanol–water partition coefficient (Wildman–Crippen LogP) is 1.53. The maximum Gasteiger partial charge on any atom is 0.201 e. The van der Waals surface area contributed by atoms with Crippen LogP contribution in [-0.4, -0.2) is 14.7 Å². The quantitative estimate of drug-likeness (QED) is 0.731. The van der Waals surface area contributed by atoms with E-state index in [1.807, 2.05) is 6.07 Å². The number of rotatable bonds is 2. The predicted molar refractivity (Wildman–Crippen MR) is 64.5 cm³/mol. The zero-order valence-corrected chi connectivity index (χ0v) is 9.37.